The number of nitrogens with zero attached hydrogens (tertiary/aromatic N) is 7. The Morgan fingerprint density at radius 2 is 1.56 bits per heavy atom. The van der Waals surface area contributed by atoms with Crippen molar-refractivity contribution in [2.45, 2.75) is 83.8 Å². The highest BCUT2D eigenvalue weighted by Gasteiger charge is 2.40. The number of hydrogen-bond acceptors (Lipinski definition) is 18. The number of rotatable bonds is 25. The van der Waals surface area contributed by atoms with Crippen molar-refractivity contribution < 1.29 is 42.9 Å². The number of ketones is 1. The molecule has 2 aromatic carbocycles. The number of carbonyl (C=O) groups is 5. The Morgan fingerprint density at radius 1 is 0.831 bits per heavy atom. The molecule has 412 valence electrons. The molecule has 2 aliphatic heterocycles. The van der Waals surface area contributed by atoms with E-state index < -0.39 is 12.1 Å². The van der Waals surface area contributed by atoms with Gasteiger partial charge in [0.25, 0.3) is 5.91 Å². The monoisotopic (exact) mass is 1110 g/mol. The number of carbonyl (C=O) groups excluding carboxylic acids is 5. The maximum atomic E-state index is 14.2. The average Bonchev–Trinajstić information content (AvgIpc) is 4.25. The summed E-state index contributed by atoms with van der Waals surface area (Å²) in [5.41, 5.74) is 2.23. The maximum absolute atomic E-state index is 14.2. The number of thiazole rings is 2. The van der Waals surface area contributed by atoms with Crippen LogP contribution in [0.25, 0.3) is 0 Å². The van der Waals surface area contributed by atoms with E-state index in [0.717, 1.165) is 61.3 Å². The van der Waals surface area contributed by atoms with Gasteiger partial charge in [0, 0.05) is 49.7 Å². The predicted molar refractivity (Wildman–Crippen MR) is 296 cm³/mol. The molecule has 3 aliphatic rings. The first-order chi connectivity index (χ1) is 37.3. The highest BCUT2D eigenvalue weighted by Crippen LogP contribution is 2.37. The minimum Gasteiger partial charge on any atom is -0.491 e. The second-order valence-corrected chi connectivity index (χ2v) is 21.5. The Labute approximate surface area is 462 Å². The van der Waals surface area contributed by atoms with Gasteiger partial charge in [-0.3, -0.25) is 24.0 Å². The van der Waals surface area contributed by atoms with Gasteiger partial charge < -0.3 is 54.9 Å². The Kier molecular flexibility index (Phi) is 20.7. The van der Waals surface area contributed by atoms with Gasteiger partial charge >= 0.3 is 0 Å². The fraction of sp³-hybridized carbons (Fsp3) is 0.500. The van der Waals surface area contributed by atoms with Crippen LogP contribution >= 0.6 is 34.3 Å². The van der Waals surface area contributed by atoms with Crippen molar-refractivity contribution in [3.05, 3.63) is 97.7 Å². The first-order valence-corrected chi connectivity index (χ1v) is 28.3. The van der Waals surface area contributed by atoms with Gasteiger partial charge in [0.15, 0.2) is 5.13 Å². The highest BCUT2D eigenvalue weighted by atomic mass is 35.5. The molecule has 0 spiro atoms. The molecule has 20 nitrogen and oxygen atoms in total. The van der Waals surface area contributed by atoms with Crippen molar-refractivity contribution in [1.29, 1.82) is 0 Å². The lowest BCUT2D eigenvalue weighted by atomic mass is 9.83. The van der Waals surface area contributed by atoms with Crippen molar-refractivity contribution in [2.75, 3.05) is 102 Å². The molecule has 3 atom stereocenters. The van der Waals surface area contributed by atoms with E-state index >= 15 is 0 Å². The molecular formula is C54H68ClN11O9S2. The zero-order valence-electron chi connectivity index (χ0n) is 44.0. The number of anilines is 4. The van der Waals surface area contributed by atoms with Gasteiger partial charge in [0.1, 0.15) is 58.0 Å². The van der Waals surface area contributed by atoms with Crippen LogP contribution in [0.2, 0.25) is 5.02 Å². The van der Waals surface area contributed by atoms with Crippen molar-refractivity contribution in [3.8, 4) is 5.75 Å². The lowest BCUT2D eigenvalue weighted by Crippen LogP contribution is -2.55. The number of para-hydroxylation sites is 1. The van der Waals surface area contributed by atoms with Crippen LogP contribution in [-0.2, 0) is 28.6 Å². The molecule has 4 amide bonds. The molecule has 8 rings (SSSR count). The summed E-state index contributed by atoms with van der Waals surface area (Å²) >= 11 is 8.88. The van der Waals surface area contributed by atoms with E-state index in [1.807, 2.05) is 36.9 Å². The minimum atomic E-state index is -0.584. The SMILES string of the molecule is CN[C@@H](C)C(=O)N[C@H](C(=O)N1CCC[C@H]1c1nc(C(=O)c2ccc(OCCOCCOCCOCC(=O)N3CCN(c4cc(Nc5ncc(C(=O)Nc6c(C)cccc6Cl)s5)nc(C)n4)CC3)cc2)cs1)C1CCCCC1. The van der Waals surface area contributed by atoms with Crippen molar-refractivity contribution in [2.24, 2.45) is 5.92 Å². The second kappa shape index (κ2) is 28.0. The molecule has 0 unspecified atom stereocenters. The third-order valence-electron chi connectivity index (χ3n) is 13.9. The van der Waals surface area contributed by atoms with Crippen LogP contribution in [-0.4, -0.2) is 157 Å². The Bertz CT molecular complexity index is 2780. The summed E-state index contributed by atoms with van der Waals surface area (Å²) in [5.74, 6) is 1.65. The topological polar surface area (TPSA) is 232 Å². The maximum Gasteiger partial charge on any atom is 0.267 e. The van der Waals surface area contributed by atoms with Crippen LogP contribution < -0.4 is 30.9 Å². The number of halogens is 1. The molecule has 5 heterocycles. The van der Waals surface area contributed by atoms with Crippen LogP contribution in [0.15, 0.2) is 60.1 Å². The first-order valence-electron chi connectivity index (χ1n) is 26.3. The minimum absolute atomic E-state index is 0.0466. The summed E-state index contributed by atoms with van der Waals surface area (Å²) in [6.07, 6.45) is 8.14. The molecule has 3 aromatic heterocycles. The van der Waals surface area contributed by atoms with E-state index in [0.29, 0.717) is 115 Å². The molecule has 23 heteroatoms. The van der Waals surface area contributed by atoms with Crippen molar-refractivity contribution in [1.82, 2.24) is 40.4 Å². The number of aromatic nitrogens is 4. The van der Waals surface area contributed by atoms with E-state index in [2.05, 4.69) is 41.1 Å². The molecule has 1 aliphatic carbocycles. The fourth-order valence-electron chi connectivity index (χ4n) is 9.50. The van der Waals surface area contributed by atoms with Crippen LogP contribution in [0.5, 0.6) is 5.75 Å². The molecule has 5 aromatic rings. The molecule has 3 fully saturated rings. The standard InChI is InChI=1S/C54H68ClN11O9S2/c1-34-10-8-13-40(55)47(34)62-51(70)43-31-57-54(77-43)61-44-30-45(59-36(3)58-44)64-20-22-65(23-21-64)46(67)32-74-27-26-72-24-25-73-28-29-75-39-17-15-38(16-18-39)49(68)41-33-76-52(60-41)42-14-9-19-66(42)53(71)48(37-11-6-5-7-12-37)63-50(69)35(2)56-4/h8,10,13,15-18,30-31,33,35,37,42,48,56H,5-7,9,11-12,14,19-29,32H2,1-4H3,(H,62,70)(H,63,69)(H,57,58,59,61)/t35-,42-,48-/m0/s1. The van der Waals surface area contributed by atoms with Crippen LogP contribution in [0.1, 0.15) is 100 Å². The highest BCUT2D eigenvalue weighted by molar-refractivity contribution is 7.17. The summed E-state index contributed by atoms with van der Waals surface area (Å²) < 4.78 is 22.7. The summed E-state index contributed by atoms with van der Waals surface area (Å²) in [5, 5.41) is 15.6. The summed E-state index contributed by atoms with van der Waals surface area (Å²) in [6, 6.07) is 12.9. The molecule has 77 heavy (non-hydrogen) atoms. The van der Waals surface area contributed by atoms with E-state index in [4.69, 9.17) is 35.5 Å². The number of benzene rings is 2. The third kappa shape index (κ3) is 15.5. The zero-order valence-corrected chi connectivity index (χ0v) is 46.4. The van der Waals surface area contributed by atoms with E-state index in [1.54, 1.807) is 54.6 Å². The molecule has 0 radical (unpaired) electrons. The third-order valence-corrected chi connectivity index (χ3v) is 16.0. The van der Waals surface area contributed by atoms with Gasteiger partial charge in [-0.05, 0) is 95.3 Å². The van der Waals surface area contributed by atoms with E-state index in [-0.39, 0.29) is 54.6 Å². The molecular weight excluding hydrogens is 1050 g/mol. The molecule has 1 saturated carbocycles. The Hall–Kier alpha value is -6.14. The molecule has 0 bridgehead atoms. The largest absolute Gasteiger partial charge is 0.491 e. The Balaban J connectivity index is 0.674. The van der Waals surface area contributed by atoms with Crippen LogP contribution in [0, 0.1) is 19.8 Å². The van der Waals surface area contributed by atoms with Crippen LogP contribution in [0.3, 0.4) is 0 Å². The van der Waals surface area contributed by atoms with Gasteiger partial charge in [0.05, 0.1) is 62.0 Å². The number of nitrogens with one attached hydrogen (secondary N) is 4. The second-order valence-electron chi connectivity index (χ2n) is 19.2. The van der Waals surface area contributed by atoms with E-state index in [1.165, 1.54) is 28.9 Å². The lowest BCUT2D eigenvalue weighted by Gasteiger charge is -2.35. The first kappa shape index (κ1) is 57.0. The van der Waals surface area contributed by atoms with Gasteiger partial charge in [-0.25, -0.2) is 19.9 Å². The van der Waals surface area contributed by atoms with Gasteiger partial charge in [0.2, 0.25) is 23.5 Å². The number of likely N-dealkylation sites (tertiary alicyclic amines) is 1. The number of piperazine rings is 1. The van der Waals surface area contributed by atoms with Gasteiger partial charge in [-0.1, -0.05) is 54.3 Å². The smallest absolute Gasteiger partial charge is 0.267 e. The predicted octanol–water partition coefficient (Wildman–Crippen LogP) is 7.00. The number of amides is 4. The summed E-state index contributed by atoms with van der Waals surface area (Å²) in [4.78, 5) is 91.0. The average molecular weight is 1110 g/mol. The normalized spacial score (nSPS) is 16.7. The molecule has 2 saturated heterocycles. The Morgan fingerprint density at radius 3 is 2.29 bits per heavy atom. The summed E-state index contributed by atoms with van der Waals surface area (Å²) in [7, 11) is 1.73. The number of aryl methyl sites for hydroxylation is 2. The van der Waals surface area contributed by atoms with Gasteiger partial charge in [-0.2, -0.15) is 0 Å². The van der Waals surface area contributed by atoms with Gasteiger partial charge in [-0.15, -0.1) is 11.3 Å². The van der Waals surface area contributed by atoms with Crippen LogP contribution in [0.4, 0.5) is 22.5 Å². The number of hydrogen-bond donors (Lipinski definition) is 4. The van der Waals surface area contributed by atoms with Crippen molar-refractivity contribution in [3.63, 3.8) is 0 Å². The zero-order chi connectivity index (χ0) is 54.3. The van der Waals surface area contributed by atoms with Crippen molar-refractivity contribution >= 4 is 86.1 Å². The molecule has 4 N–H and O–H groups in total. The fourth-order valence-corrected chi connectivity index (χ4v) is 11.4. The quantitative estimate of drug-likeness (QED) is 0.0340. The number of likely N-dealkylation sites (N-methyl/N-ethyl adjacent to an activating group) is 1. The number of ether oxygens (including phenoxy) is 4. The summed E-state index contributed by atoms with van der Waals surface area (Å²) in [6.45, 7) is 10.1. The van der Waals surface area contributed by atoms with E-state index in [9.17, 15) is 24.0 Å². The lowest BCUT2D eigenvalue weighted by molar-refractivity contribution is -0.139.